The van der Waals surface area contributed by atoms with Gasteiger partial charge >= 0.3 is 0 Å². The molecular weight excluding hydrogens is 258 g/mol. The highest BCUT2D eigenvalue weighted by Gasteiger charge is 2.10. The van der Waals surface area contributed by atoms with Crippen molar-refractivity contribution in [3.8, 4) is 0 Å². The van der Waals surface area contributed by atoms with Gasteiger partial charge in [0.05, 0.1) is 4.90 Å². The second-order valence-corrected chi connectivity index (χ2v) is 6.07. The fraction of sp³-hybridized carbons (Fsp3) is 0.133. The van der Waals surface area contributed by atoms with E-state index in [1.54, 1.807) is 24.3 Å². The van der Waals surface area contributed by atoms with Gasteiger partial charge in [0.1, 0.15) is 0 Å². The summed E-state index contributed by atoms with van der Waals surface area (Å²) in [4.78, 5) is 0.210. The Hall–Kier alpha value is -1.94. The van der Waals surface area contributed by atoms with Gasteiger partial charge in [-0.25, -0.2) is 0 Å². The van der Waals surface area contributed by atoms with Gasteiger partial charge in [0, 0.05) is 6.21 Å². The summed E-state index contributed by atoms with van der Waals surface area (Å²) in [7, 11) is -3.62. The molecule has 0 aliphatic carbocycles. The molecular formula is C15H15NO2S. The number of sulfonamides is 1. The molecule has 0 aliphatic heterocycles. The van der Waals surface area contributed by atoms with Gasteiger partial charge in [-0.3, -0.25) is 0 Å². The first-order valence-corrected chi connectivity index (χ1v) is 7.35. The van der Waals surface area contributed by atoms with Crippen LogP contribution >= 0.6 is 0 Å². The van der Waals surface area contributed by atoms with E-state index < -0.39 is 10.0 Å². The fourth-order valence-electron chi connectivity index (χ4n) is 1.65. The van der Waals surface area contributed by atoms with Crippen LogP contribution in [0, 0.1) is 13.8 Å². The van der Waals surface area contributed by atoms with Crippen LogP contribution in [0.2, 0.25) is 0 Å². The molecule has 0 aliphatic rings. The second kappa shape index (κ2) is 5.36. The van der Waals surface area contributed by atoms with Gasteiger partial charge in [0.25, 0.3) is 10.0 Å². The number of nitrogens with zero attached hydrogens (tertiary/aromatic N) is 1. The standard InChI is InChI=1S/C15H15NO2S/c1-12-6-8-15(9-7-12)19(17,18)16-11-14-5-3-4-13(2)10-14/h3-11H,1-2H3. The summed E-state index contributed by atoms with van der Waals surface area (Å²) in [6.07, 6.45) is 1.38. The van der Waals surface area contributed by atoms with Crippen LogP contribution in [0.1, 0.15) is 16.7 Å². The number of hydrogen-bond acceptors (Lipinski definition) is 2. The predicted octanol–water partition coefficient (Wildman–Crippen LogP) is 3.11. The van der Waals surface area contributed by atoms with Crippen molar-refractivity contribution in [2.24, 2.45) is 4.40 Å². The summed E-state index contributed by atoms with van der Waals surface area (Å²) in [5.41, 5.74) is 2.86. The maximum absolute atomic E-state index is 12.0. The minimum absolute atomic E-state index is 0.210. The molecule has 0 saturated carbocycles. The number of benzene rings is 2. The maximum atomic E-state index is 12.0. The van der Waals surface area contributed by atoms with Gasteiger partial charge < -0.3 is 0 Å². The maximum Gasteiger partial charge on any atom is 0.282 e. The van der Waals surface area contributed by atoms with Crippen LogP contribution in [0.25, 0.3) is 0 Å². The average Bonchev–Trinajstić information content (AvgIpc) is 2.37. The highest BCUT2D eigenvalue weighted by Crippen LogP contribution is 2.13. The Kier molecular flexibility index (Phi) is 3.81. The summed E-state index contributed by atoms with van der Waals surface area (Å²) < 4.78 is 27.7. The molecule has 0 heterocycles. The van der Waals surface area contributed by atoms with Crippen molar-refractivity contribution in [3.63, 3.8) is 0 Å². The predicted molar refractivity (Wildman–Crippen MR) is 77.1 cm³/mol. The Labute approximate surface area is 113 Å². The van der Waals surface area contributed by atoms with Crippen LogP contribution < -0.4 is 0 Å². The van der Waals surface area contributed by atoms with Crippen LogP contribution in [0.15, 0.2) is 57.8 Å². The lowest BCUT2D eigenvalue weighted by atomic mass is 10.2. The molecule has 0 N–H and O–H groups in total. The SMILES string of the molecule is Cc1ccc(S(=O)(=O)N=Cc2cccc(C)c2)cc1. The van der Waals surface area contributed by atoms with Gasteiger partial charge in [-0.05, 0) is 31.5 Å². The third-order valence-electron chi connectivity index (χ3n) is 2.70. The molecule has 0 saturated heterocycles. The number of hydrogen-bond donors (Lipinski definition) is 0. The van der Waals surface area contributed by atoms with E-state index in [0.29, 0.717) is 0 Å². The zero-order valence-corrected chi connectivity index (χ0v) is 11.7. The topological polar surface area (TPSA) is 46.5 Å². The first kappa shape index (κ1) is 13.5. The molecule has 0 atom stereocenters. The molecule has 4 heteroatoms. The third kappa shape index (κ3) is 3.51. The lowest BCUT2D eigenvalue weighted by molar-refractivity contribution is 0.598. The average molecular weight is 273 g/mol. The van der Waals surface area contributed by atoms with Crippen molar-refractivity contribution >= 4 is 16.2 Å². The smallest absolute Gasteiger partial charge is 0.199 e. The zero-order chi connectivity index (χ0) is 13.9. The van der Waals surface area contributed by atoms with E-state index >= 15 is 0 Å². The Balaban J connectivity index is 2.29. The Bertz CT molecular complexity index is 701. The lowest BCUT2D eigenvalue weighted by Crippen LogP contribution is -1.97. The second-order valence-electron chi connectivity index (χ2n) is 4.44. The molecule has 0 spiro atoms. The quantitative estimate of drug-likeness (QED) is 0.807. The van der Waals surface area contributed by atoms with Gasteiger partial charge in [0.15, 0.2) is 0 Å². The van der Waals surface area contributed by atoms with E-state index in [0.717, 1.165) is 16.7 Å². The van der Waals surface area contributed by atoms with E-state index in [-0.39, 0.29) is 4.90 Å². The Morgan fingerprint density at radius 1 is 0.947 bits per heavy atom. The first-order chi connectivity index (χ1) is 8.97. The van der Waals surface area contributed by atoms with Crippen LogP contribution in [0.5, 0.6) is 0 Å². The van der Waals surface area contributed by atoms with E-state index in [2.05, 4.69) is 4.40 Å². The molecule has 19 heavy (non-hydrogen) atoms. The fourth-order valence-corrected chi connectivity index (χ4v) is 2.51. The summed E-state index contributed by atoms with van der Waals surface area (Å²) in [5, 5.41) is 0. The van der Waals surface area contributed by atoms with Crippen LogP contribution in [0.3, 0.4) is 0 Å². The van der Waals surface area contributed by atoms with Gasteiger partial charge in [-0.2, -0.15) is 12.8 Å². The molecule has 2 aromatic rings. The highest BCUT2D eigenvalue weighted by molar-refractivity contribution is 7.90. The molecule has 0 amide bonds. The summed E-state index contributed by atoms with van der Waals surface area (Å²) in [5.74, 6) is 0. The largest absolute Gasteiger partial charge is 0.282 e. The van der Waals surface area contributed by atoms with Crippen molar-refractivity contribution in [1.29, 1.82) is 0 Å². The zero-order valence-electron chi connectivity index (χ0n) is 10.9. The summed E-state index contributed by atoms with van der Waals surface area (Å²) >= 11 is 0. The molecule has 0 aromatic heterocycles. The van der Waals surface area contributed by atoms with Crippen molar-refractivity contribution in [2.45, 2.75) is 18.7 Å². The van der Waals surface area contributed by atoms with Gasteiger partial charge in [-0.1, -0.05) is 47.5 Å². The van der Waals surface area contributed by atoms with Gasteiger partial charge in [-0.15, -0.1) is 0 Å². The van der Waals surface area contributed by atoms with E-state index in [4.69, 9.17) is 0 Å². The van der Waals surface area contributed by atoms with E-state index in [9.17, 15) is 8.42 Å². The van der Waals surface area contributed by atoms with E-state index in [1.807, 2.05) is 38.1 Å². The highest BCUT2D eigenvalue weighted by atomic mass is 32.2. The normalized spacial score (nSPS) is 11.9. The number of aryl methyl sites for hydroxylation is 2. The molecule has 2 rings (SSSR count). The van der Waals surface area contributed by atoms with Gasteiger partial charge in [0.2, 0.25) is 0 Å². The van der Waals surface area contributed by atoms with Crippen LogP contribution in [-0.4, -0.2) is 14.6 Å². The lowest BCUT2D eigenvalue weighted by Gasteiger charge is -1.99. The molecule has 0 bridgehead atoms. The number of rotatable bonds is 3. The Morgan fingerprint density at radius 2 is 1.63 bits per heavy atom. The molecule has 0 fully saturated rings. The van der Waals surface area contributed by atoms with Crippen molar-refractivity contribution in [3.05, 3.63) is 65.2 Å². The minimum Gasteiger partial charge on any atom is -0.199 e. The van der Waals surface area contributed by atoms with Crippen molar-refractivity contribution < 1.29 is 8.42 Å². The molecule has 98 valence electrons. The van der Waals surface area contributed by atoms with Crippen molar-refractivity contribution in [2.75, 3.05) is 0 Å². The molecule has 0 unspecified atom stereocenters. The summed E-state index contributed by atoms with van der Waals surface area (Å²) in [6.45, 7) is 3.86. The molecule has 2 aromatic carbocycles. The van der Waals surface area contributed by atoms with Crippen LogP contribution in [0.4, 0.5) is 0 Å². The monoisotopic (exact) mass is 273 g/mol. The first-order valence-electron chi connectivity index (χ1n) is 5.91. The third-order valence-corrected chi connectivity index (χ3v) is 3.95. The van der Waals surface area contributed by atoms with Crippen molar-refractivity contribution in [1.82, 2.24) is 0 Å². The minimum atomic E-state index is -3.62. The van der Waals surface area contributed by atoms with Crippen LogP contribution in [-0.2, 0) is 10.0 Å². The molecule has 3 nitrogen and oxygen atoms in total. The summed E-state index contributed by atoms with van der Waals surface area (Å²) in [6, 6.07) is 14.2. The molecule has 0 radical (unpaired) electrons. The van der Waals surface area contributed by atoms with E-state index in [1.165, 1.54) is 6.21 Å². The Morgan fingerprint density at radius 3 is 2.26 bits per heavy atom.